The molecule has 0 unspecified atom stereocenters. The molecule has 0 aliphatic heterocycles. The van der Waals surface area contributed by atoms with Gasteiger partial charge < -0.3 is 9.47 Å². The van der Waals surface area contributed by atoms with Crippen molar-refractivity contribution in [1.82, 2.24) is 0 Å². The van der Waals surface area contributed by atoms with Crippen LogP contribution in [0.5, 0.6) is 5.75 Å². The van der Waals surface area contributed by atoms with Crippen LogP contribution in [0.2, 0.25) is 0 Å². The van der Waals surface area contributed by atoms with E-state index >= 15 is 0 Å². The normalized spacial score (nSPS) is 10.6. The molecule has 2 aromatic rings. The first-order chi connectivity index (χ1) is 11.5. The number of carbonyl (C=O) groups is 1. The van der Waals surface area contributed by atoms with Crippen LogP contribution >= 0.6 is 0 Å². The number of hydrogen-bond acceptors (Lipinski definition) is 5. The molecule has 0 amide bonds. The Bertz CT molecular complexity index is 771. The zero-order valence-electron chi connectivity index (χ0n) is 12.8. The second-order valence-corrected chi connectivity index (χ2v) is 4.76. The van der Waals surface area contributed by atoms with Gasteiger partial charge in [0.25, 0.3) is 5.69 Å². The first-order valence-corrected chi connectivity index (χ1v) is 6.91. The van der Waals surface area contributed by atoms with Crippen LogP contribution in [0.1, 0.15) is 11.1 Å². The van der Waals surface area contributed by atoms with E-state index in [2.05, 4.69) is 0 Å². The Morgan fingerprint density at radius 2 is 1.96 bits per heavy atom. The number of benzene rings is 2. The van der Waals surface area contributed by atoms with Crippen molar-refractivity contribution in [2.75, 3.05) is 7.11 Å². The number of hydrogen-bond donors (Lipinski definition) is 0. The van der Waals surface area contributed by atoms with Crippen molar-refractivity contribution in [3.63, 3.8) is 0 Å². The van der Waals surface area contributed by atoms with Gasteiger partial charge in [0, 0.05) is 18.2 Å². The lowest BCUT2D eigenvalue weighted by molar-refractivity contribution is -0.384. The fourth-order valence-corrected chi connectivity index (χ4v) is 1.87. The molecule has 0 spiro atoms. The molecule has 124 valence electrons. The van der Waals surface area contributed by atoms with Crippen molar-refractivity contribution in [1.29, 1.82) is 0 Å². The molecule has 0 aromatic heterocycles. The number of ether oxygens (including phenoxy) is 2. The third kappa shape index (κ3) is 4.64. The minimum Gasteiger partial charge on any atom is -0.494 e. The fourth-order valence-electron chi connectivity index (χ4n) is 1.87. The van der Waals surface area contributed by atoms with Crippen LogP contribution in [0.3, 0.4) is 0 Å². The average Bonchev–Trinajstić information content (AvgIpc) is 2.58. The standard InChI is InChI=1S/C17H14FNO5/c1-23-16-8-4-13(10-15(16)18)11-24-17(20)9-5-12-2-6-14(7-3-12)19(21)22/h2-10H,11H2,1H3/b9-5+. The summed E-state index contributed by atoms with van der Waals surface area (Å²) in [6, 6.07) is 9.98. The number of nitrogens with zero attached hydrogens (tertiary/aromatic N) is 1. The minimum absolute atomic E-state index is 0.0312. The van der Waals surface area contributed by atoms with E-state index in [4.69, 9.17) is 9.47 Å². The molecule has 0 aliphatic rings. The van der Waals surface area contributed by atoms with Gasteiger partial charge in [0.2, 0.25) is 0 Å². The fraction of sp³-hybridized carbons (Fsp3) is 0.118. The van der Waals surface area contributed by atoms with E-state index < -0.39 is 16.7 Å². The number of carbonyl (C=O) groups excluding carboxylic acids is 1. The molecule has 0 fully saturated rings. The average molecular weight is 331 g/mol. The molecule has 0 heterocycles. The molecule has 0 radical (unpaired) electrons. The zero-order chi connectivity index (χ0) is 17.5. The topological polar surface area (TPSA) is 78.7 Å². The molecule has 2 aromatic carbocycles. The van der Waals surface area contributed by atoms with Gasteiger partial charge in [-0.25, -0.2) is 9.18 Å². The lowest BCUT2D eigenvalue weighted by atomic mass is 10.2. The summed E-state index contributed by atoms with van der Waals surface area (Å²) in [5.74, 6) is -1.03. The van der Waals surface area contributed by atoms with Gasteiger partial charge in [0.05, 0.1) is 12.0 Å². The van der Waals surface area contributed by atoms with Gasteiger partial charge in [-0.1, -0.05) is 6.07 Å². The Balaban J connectivity index is 1.90. The van der Waals surface area contributed by atoms with Gasteiger partial charge in [-0.05, 0) is 41.5 Å². The summed E-state index contributed by atoms with van der Waals surface area (Å²) in [6.45, 7) is -0.0790. The molecule has 24 heavy (non-hydrogen) atoms. The highest BCUT2D eigenvalue weighted by Gasteiger charge is 2.06. The van der Waals surface area contributed by atoms with E-state index in [1.807, 2.05) is 0 Å². The van der Waals surface area contributed by atoms with Crippen molar-refractivity contribution in [3.8, 4) is 5.75 Å². The number of nitro benzene ring substituents is 1. The predicted octanol–water partition coefficient (Wildman–Crippen LogP) is 3.50. The van der Waals surface area contributed by atoms with Crippen LogP contribution in [0, 0.1) is 15.9 Å². The molecule has 0 aliphatic carbocycles. The van der Waals surface area contributed by atoms with E-state index in [1.54, 1.807) is 6.07 Å². The van der Waals surface area contributed by atoms with Crippen LogP contribution in [-0.4, -0.2) is 18.0 Å². The van der Waals surface area contributed by atoms with Crippen LogP contribution < -0.4 is 4.74 Å². The lowest BCUT2D eigenvalue weighted by Gasteiger charge is -2.05. The van der Waals surface area contributed by atoms with Crippen LogP contribution in [-0.2, 0) is 16.1 Å². The van der Waals surface area contributed by atoms with Gasteiger partial charge in [-0.2, -0.15) is 0 Å². The molecule has 0 saturated heterocycles. The summed E-state index contributed by atoms with van der Waals surface area (Å²) in [6.07, 6.45) is 2.67. The van der Waals surface area contributed by atoms with E-state index in [0.29, 0.717) is 11.1 Å². The predicted molar refractivity (Wildman–Crippen MR) is 84.9 cm³/mol. The molecule has 6 nitrogen and oxygen atoms in total. The largest absolute Gasteiger partial charge is 0.494 e. The van der Waals surface area contributed by atoms with Gasteiger partial charge in [0.15, 0.2) is 11.6 Å². The maximum atomic E-state index is 13.5. The monoisotopic (exact) mass is 331 g/mol. The minimum atomic E-state index is -0.607. The van der Waals surface area contributed by atoms with E-state index in [1.165, 1.54) is 55.7 Å². The lowest BCUT2D eigenvalue weighted by Crippen LogP contribution is -2.01. The summed E-state index contributed by atoms with van der Waals surface area (Å²) in [4.78, 5) is 21.7. The summed E-state index contributed by atoms with van der Waals surface area (Å²) >= 11 is 0. The Morgan fingerprint density at radius 1 is 1.25 bits per heavy atom. The first-order valence-electron chi connectivity index (χ1n) is 6.91. The third-order valence-corrected chi connectivity index (χ3v) is 3.11. The van der Waals surface area contributed by atoms with Gasteiger partial charge in [-0.15, -0.1) is 0 Å². The maximum absolute atomic E-state index is 13.5. The zero-order valence-corrected chi connectivity index (χ0v) is 12.8. The van der Waals surface area contributed by atoms with Crippen LogP contribution in [0.4, 0.5) is 10.1 Å². The third-order valence-electron chi connectivity index (χ3n) is 3.11. The van der Waals surface area contributed by atoms with Crippen molar-refractivity contribution in [2.45, 2.75) is 6.61 Å². The Hall–Kier alpha value is -3.22. The van der Waals surface area contributed by atoms with Crippen molar-refractivity contribution < 1.29 is 23.6 Å². The number of rotatable bonds is 6. The highest BCUT2D eigenvalue weighted by molar-refractivity contribution is 5.87. The molecular formula is C17H14FNO5. The smallest absolute Gasteiger partial charge is 0.331 e. The van der Waals surface area contributed by atoms with Crippen LogP contribution in [0.25, 0.3) is 6.08 Å². The highest BCUT2D eigenvalue weighted by Crippen LogP contribution is 2.18. The Kier molecular flexibility index (Phi) is 5.62. The summed E-state index contributed by atoms with van der Waals surface area (Å²) < 4.78 is 23.3. The van der Waals surface area contributed by atoms with E-state index in [9.17, 15) is 19.3 Å². The summed E-state index contributed by atoms with van der Waals surface area (Å²) in [5.41, 5.74) is 1.08. The summed E-state index contributed by atoms with van der Waals surface area (Å²) in [7, 11) is 1.36. The number of nitro groups is 1. The molecular weight excluding hydrogens is 317 g/mol. The first kappa shape index (κ1) is 17.1. The van der Waals surface area contributed by atoms with Gasteiger partial charge >= 0.3 is 5.97 Å². The second-order valence-electron chi connectivity index (χ2n) is 4.76. The molecule has 7 heteroatoms. The SMILES string of the molecule is COc1ccc(COC(=O)/C=C/c2ccc([N+](=O)[O-])cc2)cc1F. The Labute approximate surface area is 137 Å². The van der Waals surface area contributed by atoms with Crippen LogP contribution in [0.15, 0.2) is 48.5 Å². The molecule has 0 N–H and O–H groups in total. The number of non-ortho nitro benzene ring substituents is 1. The molecule has 2 rings (SSSR count). The number of esters is 1. The Morgan fingerprint density at radius 3 is 2.54 bits per heavy atom. The highest BCUT2D eigenvalue weighted by atomic mass is 19.1. The quantitative estimate of drug-likeness (QED) is 0.350. The van der Waals surface area contributed by atoms with E-state index in [-0.39, 0.29) is 18.0 Å². The molecule has 0 saturated carbocycles. The van der Waals surface area contributed by atoms with Crippen molar-refractivity contribution in [2.24, 2.45) is 0 Å². The molecule has 0 atom stereocenters. The number of halogens is 1. The summed E-state index contributed by atoms with van der Waals surface area (Å²) in [5, 5.41) is 10.5. The van der Waals surface area contributed by atoms with E-state index in [0.717, 1.165) is 0 Å². The maximum Gasteiger partial charge on any atom is 0.331 e. The second kappa shape index (κ2) is 7.87. The number of methoxy groups -OCH3 is 1. The molecule has 0 bridgehead atoms. The van der Waals surface area contributed by atoms with Gasteiger partial charge in [-0.3, -0.25) is 10.1 Å². The van der Waals surface area contributed by atoms with Crippen molar-refractivity contribution in [3.05, 3.63) is 75.6 Å². The van der Waals surface area contributed by atoms with Gasteiger partial charge in [0.1, 0.15) is 6.61 Å². The van der Waals surface area contributed by atoms with Crippen molar-refractivity contribution >= 4 is 17.7 Å².